The first-order chi connectivity index (χ1) is 11.6. The number of carboxylic acids is 1. The number of aromatic hydroxyl groups is 1. The van der Waals surface area contributed by atoms with Gasteiger partial charge in [0, 0.05) is 11.6 Å². The summed E-state index contributed by atoms with van der Waals surface area (Å²) in [5, 5.41) is 20.0. The van der Waals surface area contributed by atoms with Crippen LogP contribution in [0.3, 0.4) is 0 Å². The van der Waals surface area contributed by atoms with E-state index < -0.39 is 5.97 Å². The Bertz CT molecular complexity index is 1090. The van der Waals surface area contributed by atoms with E-state index in [1.807, 2.05) is 12.1 Å². The second kappa shape index (κ2) is 5.47. The van der Waals surface area contributed by atoms with Gasteiger partial charge in [0.2, 0.25) is 0 Å². The van der Waals surface area contributed by atoms with Gasteiger partial charge in [0.1, 0.15) is 0 Å². The van der Waals surface area contributed by atoms with Crippen LogP contribution in [0, 0.1) is 0 Å². The van der Waals surface area contributed by atoms with Crippen molar-refractivity contribution in [3.05, 3.63) is 53.0 Å². The van der Waals surface area contributed by atoms with Crippen molar-refractivity contribution in [1.29, 1.82) is 0 Å². The molecule has 0 aliphatic heterocycles. The lowest BCUT2D eigenvalue weighted by Crippen LogP contribution is -1.94. The largest absolute Gasteiger partial charge is 0.494 e. The molecule has 2 heterocycles. The number of benzene rings is 2. The summed E-state index contributed by atoms with van der Waals surface area (Å²) in [4.78, 5) is 22.4. The molecule has 4 rings (SSSR count). The Hall–Kier alpha value is -3.19. The third-order valence-electron chi connectivity index (χ3n) is 3.73. The highest BCUT2D eigenvalue weighted by Gasteiger charge is 2.13. The molecule has 118 valence electrons. The van der Waals surface area contributed by atoms with Crippen molar-refractivity contribution in [2.45, 2.75) is 0 Å². The predicted octanol–water partition coefficient (Wildman–Crippen LogP) is 3.93. The number of H-pyrrole nitrogens is 1. The molecule has 0 spiro atoms. The Morgan fingerprint density at radius 3 is 2.75 bits per heavy atom. The molecular weight excluding hydrogens is 326 g/mol. The third-order valence-corrected chi connectivity index (χ3v) is 4.59. The van der Waals surface area contributed by atoms with Gasteiger partial charge in [-0.05, 0) is 36.4 Å². The fraction of sp³-hybridized carbons (Fsp3) is 0. The predicted molar refractivity (Wildman–Crippen MR) is 93.8 cm³/mol. The maximum Gasteiger partial charge on any atom is 0.335 e. The van der Waals surface area contributed by atoms with Crippen LogP contribution in [0.1, 0.15) is 15.9 Å². The molecule has 24 heavy (non-hydrogen) atoms. The van der Waals surface area contributed by atoms with Crippen LogP contribution in [-0.2, 0) is 0 Å². The molecule has 0 unspecified atom stereocenters. The van der Waals surface area contributed by atoms with Crippen molar-refractivity contribution >= 4 is 50.3 Å². The summed E-state index contributed by atoms with van der Waals surface area (Å²) in [6.07, 6.45) is 1.57. The van der Waals surface area contributed by atoms with Crippen LogP contribution in [0.25, 0.3) is 21.1 Å². The van der Waals surface area contributed by atoms with Crippen molar-refractivity contribution < 1.29 is 15.0 Å². The number of thiazole rings is 1. The quantitative estimate of drug-likeness (QED) is 0.493. The molecule has 0 radical (unpaired) electrons. The molecule has 2 aromatic carbocycles. The molecule has 0 aliphatic rings. The van der Waals surface area contributed by atoms with E-state index in [9.17, 15) is 9.90 Å². The molecule has 3 N–H and O–H groups in total. The molecule has 0 fully saturated rings. The van der Waals surface area contributed by atoms with Gasteiger partial charge in [0.05, 0.1) is 38.1 Å². The minimum atomic E-state index is -0.979. The topological polar surface area (TPSA) is 98.6 Å². The van der Waals surface area contributed by atoms with E-state index in [0.717, 1.165) is 21.1 Å². The second-order valence-electron chi connectivity index (χ2n) is 5.19. The molecule has 2 aromatic heterocycles. The average molecular weight is 337 g/mol. The lowest BCUT2D eigenvalue weighted by molar-refractivity contribution is 0.0697. The number of aromatic nitrogens is 2. The molecular formula is C17H11N3O3S. The van der Waals surface area contributed by atoms with Crippen LogP contribution in [-0.4, -0.2) is 32.4 Å². The number of fused-ring (bicyclic) bond motifs is 3. The molecule has 0 saturated heterocycles. The summed E-state index contributed by atoms with van der Waals surface area (Å²) >= 11 is 1.50. The van der Waals surface area contributed by atoms with Crippen LogP contribution in [0.4, 0.5) is 5.69 Å². The number of carbonyl (C=O) groups is 1. The lowest BCUT2D eigenvalue weighted by atomic mass is 10.1. The van der Waals surface area contributed by atoms with Crippen LogP contribution in [0.2, 0.25) is 0 Å². The smallest absolute Gasteiger partial charge is 0.335 e. The fourth-order valence-electron chi connectivity index (χ4n) is 2.57. The Kier molecular flexibility index (Phi) is 3.28. The second-order valence-corrected chi connectivity index (χ2v) is 6.04. The first-order valence-electron chi connectivity index (χ1n) is 7.08. The SMILES string of the molecule is O=C(O)c1ccc(N=Cc2c(O)[nH]c3ccc4ncsc4c23)cc1. The maximum absolute atomic E-state index is 10.9. The van der Waals surface area contributed by atoms with E-state index in [-0.39, 0.29) is 11.4 Å². The maximum atomic E-state index is 10.9. The minimum Gasteiger partial charge on any atom is -0.494 e. The van der Waals surface area contributed by atoms with Gasteiger partial charge in [-0.1, -0.05) is 0 Å². The number of nitrogens with zero attached hydrogens (tertiary/aromatic N) is 2. The van der Waals surface area contributed by atoms with Crippen LogP contribution in [0.5, 0.6) is 5.88 Å². The summed E-state index contributed by atoms with van der Waals surface area (Å²) in [7, 11) is 0. The van der Waals surface area contributed by atoms with Crippen molar-refractivity contribution in [1.82, 2.24) is 9.97 Å². The van der Waals surface area contributed by atoms with Gasteiger partial charge in [-0.25, -0.2) is 9.78 Å². The number of aliphatic imine (C=N–C) groups is 1. The summed E-state index contributed by atoms with van der Waals surface area (Å²) in [5.41, 5.74) is 4.83. The molecule has 6 nitrogen and oxygen atoms in total. The Morgan fingerprint density at radius 2 is 2.00 bits per heavy atom. The van der Waals surface area contributed by atoms with E-state index in [2.05, 4.69) is 15.0 Å². The van der Waals surface area contributed by atoms with Crippen LogP contribution >= 0.6 is 11.3 Å². The molecule has 0 saturated carbocycles. The monoisotopic (exact) mass is 337 g/mol. The number of hydrogen-bond acceptors (Lipinski definition) is 5. The Labute approximate surface area is 139 Å². The van der Waals surface area contributed by atoms with Gasteiger partial charge >= 0.3 is 5.97 Å². The zero-order valence-corrected chi connectivity index (χ0v) is 13.0. The average Bonchev–Trinajstić information content (AvgIpc) is 3.16. The van der Waals surface area contributed by atoms with E-state index in [0.29, 0.717) is 11.3 Å². The third kappa shape index (κ3) is 2.31. The molecule has 0 atom stereocenters. The van der Waals surface area contributed by atoms with Gasteiger partial charge in [-0.3, -0.25) is 4.99 Å². The molecule has 0 bridgehead atoms. The van der Waals surface area contributed by atoms with Crippen LogP contribution < -0.4 is 0 Å². The minimum absolute atomic E-state index is 0.0387. The Morgan fingerprint density at radius 1 is 1.21 bits per heavy atom. The number of rotatable bonds is 3. The van der Waals surface area contributed by atoms with Crippen molar-refractivity contribution in [3.8, 4) is 5.88 Å². The standard InChI is InChI=1S/C17H11N3O3S/c21-16-11(7-18-10-3-1-9(2-4-10)17(22)23)14-12(20-16)5-6-13-15(14)24-8-19-13/h1-8,20-21H,(H,22,23). The number of carboxylic acid groups (broad SMARTS) is 1. The van der Waals surface area contributed by atoms with Gasteiger partial charge in [-0.15, -0.1) is 11.3 Å². The summed E-state index contributed by atoms with van der Waals surface area (Å²) in [6, 6.07) is 9.99. The lowest BCUT2D eigenvalue weighted by Gasteiger charge is -1.97. The number of aromatic carboxylic acids is 1. The number of aromatic amines is 1. The van der Waals surface area contributed by atoms with Gasteiger partial charge < -0.3 is 15.2 Å². The van der Waals surface area contributed by atoms with E-state index >= 15 is 0 Å². The molecule has 7 heteroatoms. The van der Waals surface area contributed by atoms with Gasteiger partial charge in [0.15, 0.2) is 5.88 Å². The van der Waals surface area contributed by atoms with Gasteiger partial charge in [-0.2, -0.15) is 0 Å². The van der Waals surface area contributed by atoms with E-state index in [4.69, 9.17) is 5.11 Å². The number of nitrogens with one attached hydrogen (secondary N) is 1. The zero-order chi connectivity index (χ0) is 16.7. The summed E-state index contributed by atoms with van der Waals surface area (Å²) in [6.45, 7) is 0. The Balaban J connectivity index is 1.80. The zero-order valence-electron chi connectivity index (χ0n) is 12.2. The highest BCUT2D eigenvalue weighted by atomic mass is 32.1. The first kappa shape index (κ1) is 14.4. The van der Waals surface area contributed by atoms with E-state index in [1.54, 1.807) is 23.9 Å². The first-order valence-corrected chi connectivity index (χ1v) is 7.96. The van der Waals surface area contributed by atoms with E-state index in [1.165, 1.54) is 23.5 Å². The van der Waals surface area contributed by atoms with Crippen molar-refractivity contribution in [2.75, 3.05) is 0 Å². The highest BCUT2D eigenvalue weighted by molar-refractivity contribution is 7.17. The summed E-state index contributed by atoms with van der Waals surface area (Å²) in [5.74, 6) is -0.941. The molecule has 0 amide bonds. The molecule has 0 aliphatic carbocycles. The van der Waals surface area contributed by atoms with Crippen molar-refractivity contribution in [2.24, 2.45) is 4.99 Å². The molecule has 4 aromatic rings. The number of hydrogen-bond donors (Lipinski definition) is 3. The fourth-order valence-corrected chi connectivity index (χ4v) is 3.42. The highest BCUT2D eigenvalue weighted by Crippen LogP contribution is 2.34. The summed E-state index contributed by atoms with van der Waals surface area (Å²) < 4.78 is 0.978. The van der Waals surface area contributed by atoms with Crippen LogP contribution in [0.15, 0.2) is 46.9 Å². The normalized spacial score (nSPS) is 11.7. The van der Waals surface area contributed by atoms with Crippen molar-refractivity contribution in [3.63, 3.8) is 0 Å². The van der Waals surface area contributed by atoms with Gasteiger partial charge in [0.25, 0.3) is 0 Å².